The summed E-state index contributed by atoms with van der Waals surface area (Å²) in [6.07, 6.45) is 4.70. The van der Waals surface area contributed by atoms with E-state index in [1.165, 1.54) is 30.2 Å². The predicted octanol–water partition coefficient (Wildman–Crippen LogP) is 3.84. The Bertz CT molecular complexity index is 759. The van der Waals surface area contributed by atoms with Crippen molar-refractivity contribution in [2.75, 3.05) is 12.8 Å². The van der Waals surface area contributed by atoms with E-state index >= 15 is 0 Å². The van der Waals surface area contributed by atoms with Crippen LogP contribution in [0.3, 0.4) is 0 Å². The van der Waals surface area contributed by atoms with E-state index in [1.807, 2.05) is 11.7 Å². The highest BCUT2D eigenvalue weighted by atomic mass is 32.2. The third kappa shape index (κ3) is 5.09. The molecule has 1 aliphatic rings. The topological polar surface area (TPSA) is 63.9 Å². The number of benzene rings is 1. The van der Waals surface area contributed by atoms with Crippen molar-refractivity contribution in [3.63, 3.8) is 0 Å². The molecule has 0 radical (unpaired) electrons. The summed E-state index contributed by atoms with van der Waals surface area (Å²) in [6.45, 7) is 7.22. The van der Waals surface area contributed by atoms with Crippen LogP contribution in [0.15, 0.2) is 29.4 Å². The van der Waals surface area contributed by atoms with Gasteiger partial charge in [0, 0.05) is 13.6 Å². The smallest absolute Gasteiger partial charge is 0.233 e. The van der Waals surface area contributed by atoms with Gasteiger partial charge in [0.25, 0.3) is 0 Å². The maximum Gasteiger partial charge on any atom is 0.233 e. The Labute approximate surface area is 165 Å². The Morgan fingerprint density at radius 2 is 1.89 bits per heavy atom. The van der Waals surface area contributed by atoms with Crippen molar-refractivity contribution in [2.24, 2.45) is 0 Å². The Morgan fingerprint density at radius 1 is 1.22 bits per heavy atom. The Hall–Kier alpha value is -1.89. The Kier molecular flexibility index (Phi) is 6.19. The molecule has 1 aliphatic carbocycles. The molecule has 0 unspecified atom stereocenters. The van der Waals surface area contributed by atoms with Crippen LogP contribution in [0.25, 0.3) is 0 Å². The van der Waals surface area contributed by atoms with Gasteiger partial charge in [-0.25, -0.2) is 4.68 Å². The average Bonchev–Trinajstić information content (AvgIpc) is 3.30. The number of thioether (sulfide) groups is 1. The molecule has 0 aliphatic heterocycles. The van der Waals surface area contributed by atoms with Gasteiger partial charge < -0.3 is 4.90 Å². The SMILES string of the molecule is CN(Cc1ccc(C(C)(C)C)cc1)C(=O)CSc1nnnn1C1CCCC1. The molecule has 0 saturated heterocycles. The average molecular weight is 388 g/mol. The summed E-state index contributed by atoms with van der Waals surface area (Å²) >= 11 is 1.43. The van der Waals surface area contributed by atoms with Crippen LogP contribution in [0.5, 0.6) is 0 Å². The van der Waals surface area contributed by atoms with Gasteiger partial charge in [0.05, 0.1) is 11.8 Å². The molecule has 6 nitrogen and oxygen atoms in total. The first kappa shape index (κ1) is 19.9. The number of nitrogens with zero attached hydrogens (tertiary/aromatic N) is 5. The van der Waals surface area contributed by atoms with Gasteiger partial charge in [0.1, 0.15) is 0 Å². The normalized spacial score (nSPS) is 15.3. The van der Waals surface area contributed by atoms with E-state index in [1.54, 1.807) is 4.90 Å². The highest BCUT2D eigenvalue weighted by molar-refractivity contribution is 7.99. The van der Waals surface area contributed by atoms with Crippen molar-refractivity contribution < 1.29 is 4.79 Å². The summed E-state index contributed by atoms with van der Waals surface area (Å²) in [6, 6.07) is 8.91. The molecule has 1 fully saturated rings. The van der Waals surface area contributed by atoms with E-state index in [2.05, 4.69) is 60.6 Å². The van der Waals surface area contributed by atoms with Gasteiger partial charge in [-0.1, -0.05) is 69.6 Å². The molecule has 0 N–H and O–H groups in total. The highest BCUT2D eigenvalue weighted by Gasteiger charge is 2.22. The molecule has 7 heteroatoms. The van der Waals surface area contributed by atoms with Gasteiger partial charge in [-0.3, -0.25) is 4.79 Å². The van der Waals surface area contributed by atoms with Crippen LogP contribution >= 0.6 is 11.8 Å². The standard InChI is InChI=1S/C20H29N5OS/c1-20(2,3)16-11-9-15(10-12-16)13-24(4)18(26)14-27-19-21-22-23-25(19)17-7-5-6-8-17/h9-12,17H,5-8,13-14H2,1-4H3. The van der Waals surface area contributed by atoms with Crippen molar-refractivity contribution >= 4 is 17.7 Å². The summed E-state index contributed by atoms with van der Waals surface area (Å²) in [7, 11) is 1.85. The van der Waals surface area contributed by atoms with Crippen LogP contribution in [0, 0.1) is 0 Å². The molecule has 0 bridgehead atoms. The highest BCUT2D eigenvalue weighted by Crippen LogP contribution is 2.31. The van der Waals surface area contributed by atoms with Crippen LogP contribution in [-0.4, -0.2) is 43.8 Å². The number of carbonyl (C=O) groups excluding carboxylic acids is 1. The molecule has 0 atom stereocenters. The lowest BCUT2D eigenvalue weighted by molar-refractivity contribution is -0.127. The molecular weight excluding hydrogens is 358 g/mol. The number of hydrogen-bond donors (Lipinski definition) is 0. The Balaban J connectivity index is 1.53. The first-order chi connectivity index (χ1) is 12.8. The number of rotatable bonds is 6. The van der Waals surface area contributed by atoms with E-state index < -0.39 is 0 Å². The zero-order valence-electron chi connectivity index (χ0n) is 16.7. The fraction of sp³-hybridized carbons (Fsp3) is 0.600. The number of aromatic nitrogens is 4. The van der Waals surface area contributed by atoms with Crippen LogP contribution in [0.2, 0.25) is 0 Å². The fourth-order valence-corrected chi connectivity index (χ4v) is 4.25. The van der Waals surface area contributed by atoms with E-state index in [0.717, 1.165) is 23.6 Å². The van der Waals surface area contributed by atoms with E-state index in [0.29, 0.717) is 18.3 Å². The first-order valence-corrected chi connectivity index (χ1v) is 10.6. The molecule has 0 spiro atoms. The second-order valence-corrected chi connectivity index (χ2v) is 9.27. The largest absolute Gasteiger partial charge is 0.341 e. The second-order valence-electron chi connectivity index (χ2n) is 8.33. The quantitative estimate of drug-likeness (QED) is 0.705. The second kappa shape index (κ2) is 8.42. The molecule has 1 amide bonds. The molecule has 27 heavy (non-hydrogen) atoms. The summed E-state index contributed by atoms with van der Waals surface area (Å²) in [5.41, 5.74) is 2.58. The number of carbonyl (C=O) groups is 1. The van der Waals surface area contributed by atoms with Crippen LogP contribution in [0.1, 0.15) is 63.6 Å². The lowest BCUT2D eigenvalue weighted by Crippen LogP contribution is -2.28. The van der Waals surface area contributed by atoms with Crippen molar-refractivity contribution in [3.8, 4) is 0 Å². The molecule has 1 aromatic heterocycles. The van der Waals surface area contributed by atoms with Crippen molar-refractivity contribution in [3.05, 3.63) is 35.4 Å². The fourth-order valence-electron chi connectivity index (χ4n) is 3.37. The zero-order valence-corrected chi connectivity index (χ0v) is 17.5. The molecule has 1 saturated carbocycles. The number of tetrazole rings is 1. The number of amides is 1. The van der Waals surface area contributed by atoms with Crippen molar-refractivity contribution in [1.29, 1.82) is 0 Å². The summed E-state index contributed by atoms with van der Waals surface area (Å²) in [5, 5.41) is 12.8. The maximum absolute atomic E-state index is 12.5. The monoisotopic (exact) mass is 387 g/mol. The maximum atomic E-state index is 12.5. The van der Waals surface area contributed by atoms with Gasteiger partial charge in [-0.15, -0.1) is 5.10 Å². The Morgan fingerprint density at radius 3 is 2.52 bits per heavy atom. The minimum Gasteiger partial charge on any atom is -0.341 e. The van der Waals surface area contributed by atoms with Gasteiger partial charge in [-0.05, 0) is 39.8 Å². The lowest BCUT2D eigenvalue weighted by atomic mass is 9.87. The molecule has 146 valence electrons. The zero-order chi connectivity index (χ0) is 19.4. The molecule has 3 rings (SSSR count). The van der Waals surface area contributed by atoms with Gasteiger partial charge in [0.15, 0.2) is 0 Å². The van der Waals surface area contributed by atoms with Gasteiger partial charge in [-0.2, -0.15) is 0 Å². The third-order valence-electron chi connectivity index (χ3n) is 5.12. The lowest BCUT2D eigenvalue weighted by Gasteiger charge is -2.21. The van der Waals surface area contributed by atoms with E-state index in [4.69, 9.17) is 0 Å². The predicted molar refractivity (Wildman–Crippen MR) is 108 cm³/mol. The third-order valence-corrected chi connectivity index (χ3v) is 6.04. The molecule has 1 aromatic carbocycles. The van der Waals surface area contributed by atoms with Crippen LogP contribution in [0.4, 0.5) is 0 Å². The van der Waals surface area contributed by atoms with Crippen molar-refractivity contribution in [1.82, 2.24) is 25.1 Å². The van der Waals surface area contributed by atoms with Crippen LogP contribution in [-0.2, 0) is 16.8 Å². The first-order valence-electron chi connectivity index (χ1n) is 9.58. The van der Waals surface area contributed by atoms with E-state index in [9.17, 15) is 4.79 Å². The van der Waals surface area contributed by atoms with Gasteiger partial charge in [0.2, 0.25) is 11.1 Å². The number of hydrogen-bond acceptors (Lipinski definition) is 5. The van der Waals surface area contributed by atoms with Gasteiger partial charge >= 0.3 is 0 Å². The van der Waals surface area contributed by atoms with E-state index in [-0.39, 0.29) is 11.3 Å². The summed E-state index contributed by atoms with van der Waals surface area (Å²) in [4.78, 5) is 14.3. The molecule has 2 aromatic rings. The molecule has 1 heterocycles. The molecular formula is C20H29N5OS. The minimum absolute atomic E-state index is 0.0841. The summed E-state index contributed by atoms with van der Waals surface area (Å²) < 4.78 is 1.90. The van der Waals surface area contributed by atoms with Crippen molar-refractivity contribution in [2.45, 2.75) is 69.6 Å². The minimum atomic E-state index is 0.0841. The summed E-state index contributed by atoms with van der Waals surface area (Å²) in [5.74, 6) is 0.435. The van der Waals surface area contributed by atoms with Crippen LogP contribution < -0.4 is 0 Å².